The van der Waals surface area contributed by atoms with E-state index < -0.39 is 23.4 Å². The van der Waals surface area contributed by atoms with E-state index in [9.17, 15) is 19.2 Å². The van der Waals surface area contributed by atoms with Crippen molar-refractivity contribution < 1.29 is 19.5 Å². The highest BCUT2D eigenvalue weighted by Crippen LogP contribution is 2.33. The summed E-state index contributed by atoms with van der Waals surface area (Å²) >= 11 is 0. The average molecular weight is 346 g/mol. The fourth-order valence-corrected chi connectivity index (χ4v) is 3.72. The Bertz CT molecular complexity index is 808. The molecule has 1 atom stereocenters. The Morgan fingerprint density at radius 1 is 1.28 bits per heavy atom. The van der Waals surface area contributed by atoms with E-state index in [0.29, 0.717) is 43.5 Å². The number of carboxylic acids is 1. The molecule has 2 N–H and O–H groups in total. The third kappa shape index (κ3) is 3.36. The van der Waals surface area contributed by atoms with Gasteiger partial charge in [0, 0.05) is 30.8 Å². The molecule has 25 heavy (non-hydrogen) atoms. The van der Waals surface area contributed by atoms with E-state index in [1.54, 1.807) is 0 Å². The number of H-pyrrole nitrogens is 1. The predicted octanol–water partition coefficient (Wildman–Crippen LogP) is 1.47. The third-order valence-electron chi connectivity index (χ3n) is 5.01. The van der Waals surface area contributed by atoms with Crippen molar-refractivity contribution in [2.45, 2.75) is 39.5 Å². The Kier molecular flexibility index (Phi) is 4.26. The minimum atomic E-state index is -0.936. The second-order valence-electron chi connectivity index (χ2n) is 7.77. The van der Waals surface area contributed by atoms with E-state index in [0.717, 1.165) is 0 Å². The van der Waals surface area contributed by atoms with Crippen LogP contribution >= 0.6 is 0 Å². The number of carboxylic acid groups (broad SMARTS) is 1. The first kappa shape index (κ1) is 17.4. The molecule has 3 rings (SSSR count). The van der Waals surface area contributed by atoms with Gasteiger partial charge in [-0.2, -0.15) is 0 Å². The second kappa shape index (κ2) is 6.13. The Morgan fingerprint density at radius 3 is 2.68 bits per heavy atom. The molecule has 1 aromatic rings. The number of aromatic nitrogens is 1. The number of fused-ring (bicyclic) bond motifs is 1. The number of aromatic amines is 1. The number of amides is 1. The van der Waals surface area contributed by atoms with Crippen molar-refractivity contribution in [3.8, 4) is 0 Å². The number of carbonyl (C=O) groups excluding carboxylic acids is 2. The van der Waals surface area contributed by atoms with Crippen molar-refractivity contribution in [2.24, 2.45) is 11.3 Å². The van der Waals surface area contributed by atoms with E-state index in [4.69, 9.17) is 5.11 Å². The highest BCUT2D eigenvalue weighted by atomic mass is 16.4. The molecule has 1 aliphatic carbocycles. The molecular weight excluding hydrogens is 324 g/mol. The Morgan fingerprint density at radius 2 is 2.00 bits per heavy atom. The molecule has 0 radical (unpaired) electrons. The molecule has 7 nitrogen and oxygen atoms in total. The highest BCUT2D eigenvalue weighted by Gasteiger charge is 2.34. The maximum absolute atomic E-state index is 12.7. The van der Waals surface area contributed by atoms with Gasteiger partial charge >= 0.3 is 5.97 Å². The summed E-state index contributed by atoms with van der Waals surface area (Å²) in [5.74, 6) is -2.14. The Balaban J connectivity index is 1.92. The molecule has 134 valence electrons. The van der Waals surface area contributed by atoms with Gasteiger partial charge in [-0.3, -0.25) is 19.2 Å². The summed E-state index contributed by atoms with van der Waals surface area (Å²) < 4.78 is 0. The maximum Gasteiger partial charge on any atom is 0.308 e. The lowest BCUT2D eigenvalue weighted by Gasteiger charge is -2.32. The lowest BCUT2D eigenvalue weighted by molar-refractivity contribution is -0.143. The molecule has 1 amide bonds. The van der Waals surface area contributed by atoms with Crippen molar-refractivity contribution >= 4 is 17.7 Å². The van der Waals surface area contributed by atoms with Crippen LogP contribution in [-0.4, -0.2) is 45.7 Å². The molecule has 1 aromatic heterocycles. The number of carbonyl (C=O) groups is 3. The van der Waals surface area contributed by atoms with E-state index in [2.05, 4.69) is 4.98 Å². The van der Waals surface area contributed by atoms with Crippen molar-refractivity contribution in [2.75, 3.05) is 13.1 Å². The van der Waals surface area contributed by atoms with Gasteiger partial charge in [0.05, 0.1) is 5.92 Å². The standard InChI is InChI=1S/C18H22N2O5/c1-18(2)7-13-11(14(21)8-18)6-12(15(22)19-13)16(23)20-5-3-4-10(9-20)17(24)25/h6,10H,3-5,7-9H2,1-2H3,(H,19,22)(H,24,25)/t10-/m0/s1. The first-order chi connectivity index (χ1) is 11.7. The van der Waals surface area contributed by atoms with Crippen LogP contribution in [0.5, 0.6) is 0 Å². The molecular formula is C18H22N2O5. The van der Waals surface area contributed by atoms with E-state index >= 15 is 0 Å². The number of rotatable bonds is 2. The third-order valence-corrected chi connectivity index (χ3v) is 5.01. The molecule has 0 bridgehead atoms. The second-order valence-corrected chi connectivity index (χ2v) is 7.77. The fourth-order valence-electron chi connectivity index (χ4n) is 3.72. The monoisotopic (exact) mass is 346 g/mol. The molecule has 2 heterocycles. The minimum absolute atomic E-state index is 0.0846. The average Bonchev–Trinajstić information content (AvgIpc) is 2.52. The van der Waals surface area contributed by atoms with Gasteiger partial charge in [-0.25, -0.2) is 0 Å². The number of Topliss-reactive ketones (excluding diaryl/α,β-unsaturated/α-hetero) is 1. The fraction of sp³-hybridized carbons (Fsp3) is 0.556. The lowest BCUT2D eigenvalue weighted by atomic mass is 9.75. The van der Waals surface area contributed by atoms with Crippen LogP contribution in [0.4, 0.5) is 0 Å². The first-order valence-electron chi connectivity index (χ1n) is 8.49. The number of hydrogen-bond acceptors (Lipinski definition) is 4. The Hall–Kier alpha value is -2.44. The van der Waals surface area contributed by atoms with E-state index in [-0.39, 0.29) is 23.3 Å². The minimum Gasteiger partial charge on any atom is -0.481 e. The molecule has 0 saturated carbocycles. The highest BCUT2D eigenvalue weighted by molar-refractivity contribution is 6.02. The summed E-state index contributed by atoms with van der Waals surface area (Å²) in [5.41, 5.74) is 0.142. The van der Waals surface area contributed by atoms with Gasteiger partial charge in [0.25, 0.3) is 11.5 Å². The number of likely N-dealkylation sites (tertiary alicyclic amines) is 1. The van der Waals surface area contributed by atoms with Crippen molar-refractivity contribution in [1.29, 1.82) is 0 Å². The smallest absolute Gasteiger partial charge is 0.308 e. The van der Waals surface area contributed by atoms with Crippen LogP contribution in [0.15, 0.2) is 10.9 Å². The van der Waals surface area contributed by atoms with Gasteiger partial charge in [-0.15, -0.1) is 0 Å². The number of pyridine rings is 1. The Labute approximate surface area is 145 Å². The van der Waals surface area contributed by atoms with E-state index in [1.165, 1.54) is 11.0 Å². The number of ketones is 1. The first-order valence-corrected chi connectivity index (χ1v) is 8.49. The molecule has 0 unspecified atom stereocenters. The van der Waals surface area contributed by atoms with Gasteiger partial charge in [-0.1, -0.05) is 13.8 Å². The molecule has 1 fully saturated rings. The van der Waals surface area contributed by atoms with Crippen molar-refractivity contribution in [1.82, 2.24) is 9.88 Å². The quantitative estimate of drug-likeness (QED) is 0.843. The van der Waals surface area contributed by atoms with Gasteiger partial charge in [0.15, 0.2) is 5.78 Å². The number of nitrogens with zero attached hydrogens (tertiary/aromatic N) is 1. The van der Waals surface area contributed by atoms with Crippen LogP contribution in [0.2, 0.25) is 0 Å². The number of piperidine rings is 1. The number of aliphatic carboxylic acids is 1. The largest absolute Gasteiger partial charge is 0.481 e. The maximum atomic E-state index is 12.7. The van der Waals surface area contributed by atoms with Crippen LogP contribution in [0.1, 0.15) is 59.5 Å². The van der Waals surface area contributed by atoms with Crippen molar-refractivity contribution in [3.63, 3.8) is 0 Å². The normalized spacial score (nSPS) is 22.4. The summed E-state index contributed by atoms with van der Waals surface area (Å²) in [6, 6.07) is 1.39. The van der Waals surface area contributed by atoms with Gasteiger partial charge in [-0.05, 0) is 30.7 Å². The van der Waals surface area contributed by atoms with Gasteiger partial charge < -0.3 is 15.0 Å². The summed E-state index contributed by atoms with van der Waals surface area (Å²) in [5, 5.41) is 9.15. The summed E-state index contributed by atoms with van der Waals surface area (Å²) in [7, 11) is 0. The summed E-state index contributed by atoms with van der Waals surface area (Å²) in [6.07, 6.45) is 2.04. The van der Waals surface area contributed by atoms with Crippen LogP contribution in [0.25, 0.3) is 0 Å². The molecule has 0 aromatic carbocycles. The lowest BCUT2D eigenvalue weighted by Crippen LogP contribution is -2.44. The van der Waals surface area contributed by atoms with E-state index in [1.807, 2.05) is 13.8 Å². The number of nitrogens with one attached hydrogen (secondary N) is 1. The van der Waals surface area contributed by atoms with Gasteiger partial charge in [0.1, 0.15) is 5.56 Å². The van der Waals surface area contributed by atoms with Crippen LogP contribution < -0.4 is 5.56 Å². The molecule has 1 saturated heterocycles. The predicted molar refractivity (Wildman–Crippen MR) is 89.8 cm³/mol. The molecule has 2 aliphatic rings. The van der Waals surface area contributed by atoms with Crippen LogP contribution in [0, 0.1) is 11.3 Å². The summed E-state index contributed by atoms with van der Waals surface area (Å²) in [6.45, 7) is 4.43. The van der Waals surface area contributed by atoms with Crippen molar-refractivity contribution in [3.05, 3.63) is 33.2 Å². The number of hydrogen-bond donors (Lipinski definition) is 2. The molecule has 0 spiro atoms. The topological polar surface area (TPSA) is 108 Å². The zero-order chi connectivity index (χ0) is 18.4. The molecule has 7 heteroatoms. The zero-order valence-corrected chi connectivity index (χ0v) is 14.4. The van der Waals surface area contributed by atoms with Crippen LogP contribution in [0.3, 0.4) is 0 Å². The zero-order valence-electron chi connectivity index (χ0n) is 14.4. The van der Waals surface area contributed by atoms with Crippen LogP contribution in [-0.2, 0) is 11.2 Å². The van der Waals surface area contributed by atoms with Gasteiger partial charge in [0.2, 0.25) is 0 Å². The molecule has 1 aliphatic heterocycles. The summed E-state index contributed by atoms with van der Waals surface area (Å²) in [4.78, 5) is 52.7. The SMILES string of the molecule is CC1(C)CC(=O)c2cc(C(=O)N3CCC[C@H](C(=O)O)C3)c(=O)[nH]c2C1.